The molecule has 1 N–H and O–H groups in total. The quantitative estimate of drug-likeness (QED) is 0.907. The van der Waals surface area contributed by atoms with Crippen LogP contribution < -0.4 is 10.1 Å². The Hall–Kier alpha value is -1.81. The van der Waals surface area contributed by atoms with Crippen LogP contribution in [0.4, 0.5) is 0 Å². The fourth-order valence-electron chi connectivity index (χ4n) is 1.73. The zero-order valence-corrected chi connectivity index (χ0v) is 12.6. The first-order valence-corrected chi connectivity index (χ1v) is 6.80. The van der Waals surface area contributed by atoms with Gasteiger partial charge in [0, 0.05) is 35.6 Å². The molecule has 2 rings (SSSR count). The van der Waals surface area contributed by atoms with E-state index in [0.29, 0.717) is 6.61 Å². The second-order valence-corrected chi connectivity index (χ2v) is 5.90. The molecule has 0 radical (unpaired) electrons. The molecule has 0 amide bonds. The number of hydrogen-bond donors (Lipinski definition) is 1. The van der Waals surface area contributed by atoms with E-state index in [9.17, 15) is 0 Å². The lowest BCUT2D eigenvalue weighted by atomic mass is 10.1. The molecule has 0 aliphatic heterocycles. The molecule has 2 aromatic heterocycles. The zero-order chi connectivity index (χ0) is 14.6. The Morgan fingerprint density at radius 2 is 2.15 bits per heavy atom. The molecule has 0 fully saturated rings. The van der Waals surface area contributed by atoms with E-state index in [4.69, 9.17) is 9.15 Å². The van der Waals surface area contributed by atoms with Gasteiger partial charge in [-0.1, -0.05) is 0 Å². The monoisotopic (exact) mass is 274 g/mol. The first-order valence-electron chi connectivity index (χ1n) is 6.80. The van der Waals surface area contributed by atoms with Crippen LogP contribution in [-0.4, -0.2) is 10.5 Å². The predicted molar refractivity (Wildman–Crippen MR) is 78.6 cm³/mol. The molecule has 0 aliphatic carbocycles. The van der Waals surface area contributed by atoms with Gasteiger partial charge in [0.25, 0.3) is 0 Å². The zero-order valence-electron chi connectivity index (χ0n) is 12.6. The van der Waals surface area contributed by atoms with Gasteiger partial charge >= 0.3 is 0 Å². The maximum atomic E-state index is 5.85. The Balaban J connectivity index is 2.07. The van der Waals surface area contributed by atoms with Crippen molar-refractivity contribution < 1.29 is 9.15 Å². The molecular formula is C16H22N2O2. The van der Waals surface area contributed by atoms with Crippen LogP contribution in [0.2, 0.25) is 0 Å². The molecule has 0 spiro atoms. The normalized spacial score (nSPS) is 11.6. The van der Waals surface area contributed by atoms with Crippen molar-refractivity contribution in [2.45, 2.75) is 46.4 Å². The van der Waals surface area contributed by atoms with Crippen LogP contribution in [0.3, 0.4) is 0 Å². The summed E-state index contributed by atoms with van der Waals surface area (Å²) in [5.74, 6) is 1.67. The molecule has 0 saturated heterocycles. The molecule has 4 heteroatoms. The molecule has 0 saturated carbocycles. The molecule has 0 bridgehead atoms. The summed E-state index contributed by atoms with van der Waals surface area (Å²) in [7, 11) is 0. The van der Waals surface area contributed by atoms with E-state index in [-0.39, 0.29) is 5.54 Å². The Bertz CT molecular complexity index is 542. The maximum Gasteiger partial charge on any atom is 0.146 e. The van der Waals surface area contributed by atoms with Crippen LogP contribution in [0.1, 0.15) is 37.8 Å². The lowest BCUT2D eigenvalue weighted by molar-refractivity contribution is 0.265. The van der Waals surface area contributed by atoms with Crippen LogP contribution >= 0.6 is 0 Å². The number of aromatic nitrogens is 1. The van der Waals surface area contributed by atoms with Gasteiger partial charge < -0.3 is 14.5 Å². The van der Waals surface area contributed by atoms with Crippen molar-refractivity contribution >= 4 is 0 Å². The van der Waals surface area contributed by atoms with Gasteiger partial charge in [-0.2, -0.15) is 0 Å². The number of furan rings is 1. The highest BCUT2D eigenvalue weighted by molar-refractivity contribution is 5.33. The first-order chi connectivity index (χ1) is 9.44. The van der Waals surface area contributed by atoms with Crippen molar-refractivity contribution in [3.8, 4) is 5.75 Å². The third-order valence-electron chi connectivity index (χ3n) is 2.84. The first kappa shape index (κ1) is 14.6. The largest absolute Gasteiger partial charge is 0.485 e. The third kappa shape index (κ3) is 4.38. The standard InChI is InChI=1S/C16H22N2O2/c1-12-8-15(20-11-14-6-5-7-19-14)13(9-17-12)10-18-16(2,3)4/h5-9,18H,10-11H2,1-4H3. The average molecular weight is 274 g/mol. The summed E-state index contributed by atoms with van der Waals surface area (Å²) in [5, 5.41) is 3.45. The molecule has 0 aliphatic rings. The summed E-state index contributed by atoms with van der Waals surface area (Å²) in [4.78, 5) is 4.34. The number of rotatable bonds is 5. The Morgan fingerprint density at radius 3 is 2.80 bits per heavy atom. The number of nitrogens with zero attached hydrogens (tertiary/aromatic N) is 1. The molecule has 2 heterocycles. The smallest absolute Gasteiger partial charge is 0.146 e. The highest BCUT2D eigenvalue weighted by Gasteiger charge is 2.12. The maximum absolute atomic E-state index is 5.85. The number of pyridine rings is 1. The van der Waals surface area contributed by atoms with Crippen LogP contribution in [0.25, 0.3) is 0 Å². The van der Waals surface area contributed by atoms with E-state index in [1.807, 2.05) is 31.3 Å². The van der Waals surface area contributed by atoms with Gasteiger partial charge in [-0.15, -0.1) is 0 Å². The predicted octanol–water partition coefficient (Wildman–Crippen LogP) is 3.45. The molecule has 20 heavy (non-hydrogen) atoms. The fourth-order valence-corrected chi connectivity index (χ4v) is 1.73. The summed E-state index contributed by atoms with van der Waals surface area (Å²) in [5.41, 5.74) is 2.06. The van der Waals surface area contributed by atoms with Gasteiger partial charge in [0.1, 0.15) is 18.1 Å². The Labute approximate surface area is 120 Å². The second-order valence-electron chi connectivity index (χ2n) is 5.90. The van der Waals surface area contributed by atoms with Crippen LogP contribution in [0, 0.1) is 6.92 Å². The summed E-state index contributed by atoms with van der Waals surface area (Å²) in [6.07, 6.45) is 3.52. The molecule has 2 aromatic rings. The molecule has 0 aromatic carbocycles. The van der Waals surface area contributed by atoms with E-state index in [1.165, 1.54) is 0 Å². The van der Waals surface area contributed by atoms with Crippen molar-refractivity contribution in [1.29, 1.82) is 0 Å². The SMILES string of the molecule is Cc1cc(OCc2ccco2)c(CNC(C)(C)C)cn1. The number of aryl methyl sites for hydroxylation is 1. The van der Waals surface area contributed by atoms with Gasteiger partial charge in [0.05, 0.1) is 6.26 Å². The van der Waals surface area contributed by atoms with Crippen molar-refractivity contribution in [2.75, 3.05) is 0 Å². The summed E-state index contributed by atoms with van der Waals surface area (Å²) in [6.45, 7) is 9.53. The van der Waals surface area contributed by atoms with Gasteiger partial charge in [0.15, 0.2) is 0 Å². The second kappa shape index (κ2) is 6.09. The van der Waals surface area contributed by atoms with Crippen LogP contribution in [0.5, 0.6) is 5.75 Å². The topological polar surface area (TPSA) is 47.3 Å². The van der Waals surface area contributed by atoms with E-state index < -0.39 is 0 Å². The lowest BCUT2D eigenvalue weighted by Crippen LogP contribution is -2.35. The number of nitrogens with one attached hydrogen (secondary N) is 1. The van der Waals surface area contributed by atoms with Crippen molar-refractivity contribution in [1.82, 2.24) is 10.3 Å². The van der Waals surface area contributed by atoms with Gasteiger partial charge in [-0.25, -0.2) is 0 Å². The molecule has 4 nitrogen and oxygen atoms in total. The average Bonchev–Trinajstić information content (AvgIpc) is 2.87. The molecule has 108 valence electrons. The minimum atomic E-state index is 0.0587. The lowest BCUT2D eigenvalue weighted by Gasteiger charge is -2.21. The van der Waals surface area contributed by atoms with Crippen molar-refractivity contribution in [3.63, 3.8) is 0 Å². The van der Waals surface area contributed by atoms with E-state index in [1.54, 1.807) is 6.26 Å². The molecular weight excluding hydrogens is 252 g/mol. The summed E-state index contributed by atoms with van der Waals surface area (Å²) >= 11 is 0. The Morgan fingerprint density at radius 1 is 1.35 bits per heavy atom. The van der Waals surface area contributed by atoms with Crippen molar-refractivity contribution in [2.24, 2.45) is 0 Å². The van der Waals surface area contributed by atoms with Gasteiger partial charge in [-0.05, 0) is 39.8 Å². The summed E-state index contributed by atoms with van der Waals surface area (Å²) < 4.78 is 11.1. The highest BCUT2D eigenvalue weighted by atomic mass is 16.5. The van der Waals surface area contributed by atoms with Crippen LogP contribution in [-0.2, 0) is 13.2 Å². The fraction of sp³-hybridized carbons (Fsp3) is 0.438. The minimum Gasteiger partial charge on any atom is -0.485 e. The van der Waals surface area contributed by atoms with E-state index in [0.717, 1.165) is 29.3 Å². The molecule has 0 unspecified atom stereocenters. The van der Waals surface area contributed by atoms with Gasteiger partial charge in [0.2, 0.25) is 0 Å². The van der Waals surface area contributed by atoms with Crippen molar-refractivity contribution in [3.05, 3.63) is 47.7 Å². The summed E-state index contributed by atoms with van der Waals surface area (Å²) in [6, 6.07) is 5.72. The minimum absolute atomic E-state index is 0.0587. The highest BCUT2D eigenvalue weighted by Crippen LogP contribution is 2.21. The number of ether oxygens (including phenoxy) is 1. The van der Waals surface area contributed by atoms with E-state index in [2.05, 4.69) is 31.1 Å². The van der Waals surface area contributed by atoms with Gasteiger partial charge in [-0.3, -0.25) is 4.98 Å². The van der Waals surface area contributed by atoms with Crippen LogP contribution in [0.15, 0.2) is 35.1 Å². The Kier molecular flexibility index (Phi) is 4.45. The number of hydrogen-bond acceptors (Lipinski definition) is 4. The molecule has 0 atom stereocenters. The van der Waals surface area contributed by atoms with E-state index >= 15 is 0 Å². The third-order valence-corrected chi connectivity index (χ3v) is 2.84.